The molecular weight excluding hydrogens is 270 g/mol. The molecule has 104 valence electrons. The van der Waals surface area contributed by atoms with Gasteiger partial charge in [0.15, 0.2) is 0 Å². The summed E-state index contributed by atoms with van der Waals surface area (Å²) >= 11 is 0. The third kappa shape index (κ3) is 2.59. The number of aromatic nitrogens is 2. The lowest BCUT2D eigenvalue weighted by molar-refractivity contribution is 0.0696. The lowest BCUT2D eigenvalue weighted by Crippen LogP contribution is -2.13. The van der Waals surface area contributed by atoms with Gasteiger partial charge in [0.05, 0.1) is 16.6 Å². The van der Waals surface area contributed by atoms with Crippen molar-refractivity contribution in [3.05, 3.63) is 59.7 Å². The predicted octanol–water partition coefficient (Wildman–Crippen LogP) is 2.51. The maximum absolute atomic E-state index is 12.1. The van der Waals surface area contributed by atoms with Crippen LogP contribution in [0.5, 0.6) is 0 Å². The van der Waals surface area contributed by atoms with Gasteiger partial charge < -0.3 is 10.1 Å². The number of nitrogens with one attached hydrogen (secondary N) is 2. The Morgan fingerprint density at radius 3 is 2.33 bits per heavy atom. The van der Waals surface area contributed by atoms with E-state index in [1.54, 1.807) is 0 Å². The zero-order valence-corrected chi connectivity index (χ0v) is 10.8. The van der Waals surface area contributed by atoms with Gasteiger partial charge in [-0.15, -0.1) is 0 Å². The van der Waals surface area contributed by atoms with Crippen LogP contribution in [0.25, 0.3) is 11.0 Å². The van der Waals surface area contributed by atoms with Crippen molar-refractivity contribution >= 4 is 28.9 Å². The van der Waals surface area contributed by atoms with Crippen LogP contribution in [0.3, 0.4) is 0 Å². The molecule has 6 nitrogen and oxygen atoms in total. The SMILES string of the molecule is O=C(O)c1ccc(C(=O)Nc2nc3ccccc3[nH]2)cc1. The van der Waals surface area contributed by atoms with Gasteiger partial charge in [-0.25, -0.2) is 9.78 Å². The third-order valence-corrected chi connectivity index (χ3v) is 3.02. The summed E-state index contributed by atoms with van der Waals surface area (Å²) in [6.45, 7) is 0. The first kappa shape index (κ1) is 12.9. The number of hydrogen-bond acceptors (Lipinski definition) is 3. The molecule has 0 spiro atoms. The lowest BCUT2D eigenvalue weighted by Gasteiger charge is -2.02. The number of carboxylic acids is 1. The Morgan fingerprint density at radius 2 is 1.67 bits per heavy atom. The summed E-state index contributed by atoms with van der Waals surface area (Å²) in [5.41, 5.74) is 2.08. The van der Waals surface area contributed by atoms with Crippen molar-refractivity contribution in [1.82, 2.24) is 9.97 Å². The molecule has 3 aromatic rings. The zero-order chi connectivity index (χ0) is 14.8. The van der Waals surface area contributed by atoms with Gasteiger partial charge in [-0.1, -0.05) is 12.1 Å². The number of carboxylic acid groups (broad SMARTS) is 1. The molecular formula is C15H11N3O3. The van der Waals surface area contributed by atoms with Gasteiger partial charge in [-0.05, 0) is 36.4 Å². The average Bonchev–Trinajstić information content (AvgIpc) is 2.89. The van der Waals surface area contributed by atoms with Crippen molar-refractivity contribution in [2.75, 3.05) is 5.32 Å². The number of imidazole rings is 1. The molecule has 0 bridgehead atoms. The summed E-state index contributed by atoms with van der Waals surface area (Å²) in [6, 6.07) is 13.1. The van der Waals surface area contributed by atoms with Crippen LogP contribution in [0.4, 0.5) is 5.95 Å². The van der Waals surface area contributed by atoms with Crippen molar-refractivity contribution < 1.29 is 14.7 Å². The highest BCUT2D eigenvalue weighted by Gasteiger charge is 2.10. The Hall–Kier alpha value is -3.15. The molecule has 2 aromatic carbocycles. The van der Waals surface area contributed by atoms with E-state index in [4.69, 9.17) is 5.11 Å². The molecule has 3 N–H and O–H groups in total. The molecule has 0 radical (unpaired) electrons. The van der Waals surface area contributed by atoms with Crippen LogP contribution in [0.1, 0.15) is 20.7 Å². The van der Waals surface area contributed by atoms with E-state index in [0.29, 0.717) is 11.5 Å². The van der Waals surface area contributed by atoms with Crippen LogP contribution in [-0.4, -0.2) is 27.0 Å². The minimum Gasteiger partial charge on any atom is -0.478 e. The molecule has 6 heteroatoms. The van der Waals surface area contributed by atoms with E-state index < -0.39 is 5.97 Å². The standard InChI is InChI=1S/C15H11N3O3/c19-13(9-5-7-10(8-6-9)14(20)21)18-15-16-11-3-1-2-4-12(11)17-15/h1-8H,(H,20,21)(H2,16,17,18,19). The summed E-state index contributed by atoms with van der Waals surface area (Å²) in [7, 11) is 0. The third-order valence-electron chi connectivity index (χ3n) is 3.02. The highest BCUT2D eigenvalue weighted by molar-refractivity contribution is 6.04. The number of carbonyl (C=O) groups excluding carboxylic acids is 1. The van der Waals surface area contributed by atoms with E-state index in [-0.39, 0.29) is 11.5 Å². The Bertz CT molecular complexity index is 789. The normalized spacial score (nSPS) is 10.5. The number of rotatable bonds is 3. The molecule has 0 aliphatic rings. The van der Waals surface area contributed by atoms with E-state index in [1.807, 2.05) is 24.3 Å². The fourth-order valence-electron chi connectivity index (χ4n) is 1.96. The van der Waals surface area contributed by atoms with Crippen LogP contribution in [0, 0.1) is 0 Å². The highest BCUT2D eigenvalue weighted by Crippen LogP contribution is 2.14. The van der Waals surface area contributed by atoms with E-state index >= 15 is 0 Å². The number of amides is 1. The van der Waals surface area contributed by atoms with Gasteiger partial charge >= 0.3 is 5.97 Å². The molecule has 0 fully saturated rings. The van der Waals surface area contributed by atoms with Gasteiger partial charge in [-0.3, -0.25) is 10.1 Å². The number of aromatic amines is 1. The van der Waals surface area contributed by atoms with Crippen molar-refractivity contribution in [1.29, 1.82) is 0 Å². The van der Waals surface area contributed by atoms with Crippen molar-refractivity contribution in [3.8, 4) is 0 Å². The van der Waals surface area contributed by atoms with E-state index in [2.05, 4.69) is 15.3 Å². The van der Waals surface area contributed by atoms with Gasteiger partial charge in [0.1, 0.15) is 0 Å². The topological polar surface area (TPSA) is 95.1 Å². The fourth-order valence-corrected chi connectivity index (χ4v) is 1.96. The minimum atomic E-state index is -1.03. The second-order valence-corrected chi connectivity index (χ2v) is 4.44. The van der Waals surface area contributed by atoms with Gasteiger partial charge in [-0.2, -0.15) is 0 Å². The molecule has 3 rings (SSSR count). The summed E-state index contributed by atoms with van der Waals surface area (Å²) in [5.74, 6) is -1.03. The molecule has 0 aliphatic heterocycles. The molecule has 1 heterocycles. The average molecular weight is 281 g/mol. The molecule has 21 heavy (non-hydrogen) atoms. The molecule has 0 aliphatic carbocycles. The largest absolute Gasteiger partial charge is 0.478 e. The molecule has 0 saturated heterocycles. The van der Waals surface area contributed by atoms with Crippen molar-refractivity contribution in [2.45, 2.75) is 0 Å². The number of anilines is 1. The van der Waals surface area contributed by atoms with E-state index in [0.717, 1.165) is 11.0 Å². The maximum Gasteiger partial charge on any atom is 0.335 e. The summed E-state index contributed by atoms with van der Waals surface area (Å²) in [5, 5.41) is 11.5. The first-order valence-corrected chi connectivity index (χ1v) is 6.23. The number of H-pyrrole nitrogens is 1. The number of hydrogen-bond donors (Lipinski definition) is 3. The summed E-state index contributed by atoms with van der Waals surface area (Å²) in [6.07, 6.45) is 0. The molecule has 1 amide bonds. The smallest absolute Gasteiger partial charge is 0.335 e. The van der Waals surface area contributed by atoms with Gasteiger partial charge in [0, 0.05) is 5.56 Å². The summed E-state index contributed by atoms with van der Waals surface area (Å²) in [4.78, 5) is 30.0. The molecule has 1 aromatic heterocycles. The number of aromatic carboxylic acids is 1. The Balaban J connectivity index is 1.80. The second kappa shape index (κ2) is 5.09. The zero-order valence-electron chi connectivity index (χ0n) is 10.8. The first-order chi connectivity index (χ1) is 10.1. The molecule has 0 atom stereocenters. The van der Waals surface area contributed by atoms with Crippen LogP contribution in [0.15, 0.2) is 48.5 Å². The number of benzene rings is 2. The quantitative estimate of drug-likeness (QED) is 0.687. The Morgan fingerprint density at radius 1 is 1.00 bits per heavy atom. The first-order valence-electron chi connectivity index (χ1n) is 6.23. The number of para-hydroxylation sites is 2. The lowest BCUT2D eigenvalue weighted by atomic mass is 10.1. The predicted molar refractivity (Wildman–Crippen MR) is 77.4 cm³/mol. The van der Waals surface area contributed by atoms with Crippen LogP contribution in [0.2, 0.25) is 0 Å². The second-order valence-electron chi connectivity index (χ2n) is 4.44. The Labute approximate surface area is 119 Å². The van der Waals surface area contributed by atoms with Crippen LogP contribution < -0.4 is 5.32 Å². The van der Waals surface area contributed by atoms with E-state index in [9.17, 15) is 9.59 Å². The maximum atomic E-state index is 12.1. The van der Waals surface area contributed by atoms with Crippen LogP contribution >= 0.6 is 0 Å². The minimum absolute atomic E-state index is 0.135. The molecule has 0 unspecified atom stereocenters. The summed E-state index contributed by atoms with van der Waals surface area (Å²) < 4.78 is 0. The van der Waals surface area contributed by atoms with Crippen molar-refractivity contribution in [3.63, 3.8) is 0 Å². The Kier molecular flexibility index (Phi) is 3.12. The molecule has 0 saturated carbocycles. The fraction of sp³-hybridized carbons (Fsp3) is 0. The van der Waals surface area contributed by atoms with Gasteiger partial charge in [0.2, 0.25) is 5.95 Å². The van der Waals surface area contributed by atoms with E-state index in [1.165, 1.54) is 24.3 Å². The van der Waals surface area contributed by atoms with Gasteiger partial charge in [0.25, 0.3) is 5.91 Å². The highest BCUT2D eigenvalue weighted by atomic mass is 16.4. The van der Waals surface area contributed by atoms with Crippen molar-refractivity contribution in [2.24, 2.45) is 0 Å². The number of fused-ring (bicyclic) bond motifs is 1. The number of carbonyl (C=O) groups is 2. The number of nitrogens with zero attached hydrogens (tertiary/aromatic N) is 1. The van der Waals surface area contributed by atoms with Crippen LogP contribution in [-0.2, 0) is 0 Å². The monoisotopic (exact) mass is 281 g/mol.